The Morgan fingerprint density at radius 2 is 1.97 bits per heavy atom. The van der Waals surface area contributed by atoms with Crippen LogP contribution in [0.2, 0.25) is 0 Å². The lowest BCUT2D eigenvalue weighted by Gasteiger charge is -2.23. The lowest BCUT2D eigenvalue weighted by atomic mass is 10.0. The molecule has 170 valence electrons. The van der Waals surface area contributed by atoms with Gasteiger partial charge in [-0.25, -0.2) is 4.98 Å². The van der Waals surface area contributed by atoms with E-state index < -0.39 is 0 Å². The Kier molecular flexibility index (Phi) is 7.81. The summed E-state index contributed by atoms with van der Waals surface area (Å²) in [5, 5.41) is 3.30. The summed E-state index contributed by atoms with van der Waals surface area (Å²) >= 11 is 0. The van der Waals surface area contributed by atoms with Crippen molar-refractivity contribution >= 4 is 5.69 Å². The van der Waals surface area contributed by atoms with Crippen molar-refractivity contribution < 1.29 is 18.9 Å². The van der Waals surface area contributed by atoms with Crippen molar-refractivity contribution in [2.24, 2.45) is 0 Å². The Labute approximate surface area is 194 Å². The SMILES string of the molecule is COc1cc(OCC2COCCO2)cc(-c2cc(C#CCNc3ccccc3)ccc2C)n1. The molecule has 4 rings (SSSR count). The van der Waals surface area contributed by atoms with Gasteiger partial charge in [-0.05, 0) is 36.8 Å². The van der Waals surface area contributed by atoms with E-state index in [-0.39, 0.29) is 6.10 Å². The van der Waals surface area contributed by atoms with E-state index in [1.165, 1.54) is 0 Å². The number of nitrogens with one attached hydrogen (secondary N) is 1. The van der Waals surface area contributed by atoms with Crippen LogP contribution in [-0.2, 0) is 9.47 Å². The van der Waals surface area contributed by atoms with Crippen LogP contribution in [0.3, 0.4) is 0 Å². The fraction of sp³-hybridized carbons (Fsp3) is 0.296. The number of hydrogen-bond acceptors (Lipinski definition) is 6. The molecule has 1 N–H and O–H groups in total. The van der Waals surface area contributed by atoms with E-state index in [0.717, 1.165) is 28.1 Å². The Hall–Kier alpha value is -3.53. The average Bonchev–Trinajstić information content (AvgIpc) is 2.87. The van der Waals surface area contributed by atoms with Gasteiger partial charge in [0.2, 0.25) is 5.88 Å². The Balaban J connectivity index is 1.49. The highest BCUT2D eigenvalue weighted by atomic mass is 16.6. The number of methoxy groups -OCH3 is 1. The van der Waals surface area contributed by atoms with E-state index in [2.05, 4.69) is 41.2 Å². The van der Waals surface area contributed by atoms with E-state index >= 15 is 0 Å². The van der Waals surface area contributed by atoms with Crippen LogP contribution in [0.25, 0.3) is 11.3 Å². The molecule has 1 aliphatic heterocycles. The second-order valence-electron chi connectivity index (χ2n) is 7.66. The van der Waals surface area contributed by atoms with Gasteiger partial charge in [-0.15, -0.1) is 0 Å². The maximum atomic E-state index is 5.98. The molecule has 2 aromatic carbocycles. The standard InChI is InChI=1S/C27H28N2O4/c1-20-10-11-21(7-6-12-28-22-8-4-3-5-9-22)15-25(20)26-16-23(17-27(29-26)30-2)33-19-24-18-31-13-14-32-24/h3-5,8-11,15-17,24,28H,12-14,18-19H2,1-2H3. The number of pyridine rings is 1. The fourth-order valence-corrected chi connectivity index (χ4v) is 3.45. The fourth-order valence-electron chi connectivity index (χ4n) is 3.45. The molecule has 2 heterocycles. The number of aromatic nitrogens is 1. The van der Waals surface area contributed by atoms with E-state index in [9.17, 15) is 0 Å². The number of ether oxygens (including phenoxy) is 4. The second-order valence-corrected chi connectivity index (χ2v) is 7.66. The van der Waals surface area contributed by atoms with E-state index in [1.807, 2.05) is 42.5 Å². The molecule has 33 heavy (non-hydrogen) atoms. The van der Waals surface area contributed by atoms with Crippen LogP contribution in [0.4, 0.5) is 5.69 Å². The first-order chi connectivity index (χ1) is 16.2. The summed E-state index contributed by atoms with van der Waals surface area (Å²) in [7, 11) is 1.60. The lowest BCUT2D eigenvalue weighted by Crippen LogP contribution is -2.33. The number of nitrogens with zero attached hydrogens (tertiary/aromatic N) is 1. The van der Waals surface area contributed by atoms with Crippen LogP contribution in [0, 0.1) is 18.8 Å². The zero-order valence-corrected chi connectivity index (χ0v) is 19.0. The molecule has 1 aliphatic rings. The molecule has 0 spiro atoms. The molecule has 0 bridgehead atoms. The predicted octanol–water partition coefficient (Wildman–Crippen LogP) is 4.32. The number of aryl methyl sites for hydroxylation is 1. The van der Waals surface area contributed by atoms with Gasteiger partial charge < -0.3 is 24.3 Å². The minimum absolute atomic E-state index is 0.0776. The molecule has 1 saturated heterocycles. The number of rotatable bonds is 7. The predicted molar refractivity (Wildman–Crippen MR) is 129 cm³/mol. The van der Waals surface area contributed by atoms with Gasteiger partial charge in [0.15, 0.2) is 0 Å². The molecule has 1 aromatic heterocycles. The summed E-state index contributed by atoms with van der Waals surface area (Å²) in [6.45, 7) is 4.78. The minimum atomic E-state index is -0.0776. The molecule has 3 aromatic rings. The van der Waals surface area contributed by atoms with Crippen molar-refractivity contribution in [2.75, 3.05) is 45.4 Å². The zero-order valence-electron chi connectivity index (χ0n) is 19.0. The maximum Gasteiger partial charge on any atom is 0.217 e. The summed E-state index contributed by atoms with van der Waals surface area (Å²) in [6, 6.07) is 19.9. The molecule has 1 unspecified atom stereocenters. The first-order valence-electron chi connectivity index (χ1n) is 11.0. The van der Waals surface area contributed by atoms with Gasteiger partial charge in [0.1, 0.15) is 18.5 Å². The lowest BCUT2D eigenvalue weighted by molar-refractivity contribution is -0.101. The van der Waals surface area contributed by atoms with Crippen LogP contribution < -0.4 is 14.8 Å². The van der Waals surface area contributed by atoms with E-state index in [4.69, 9.17) is 18.9 Å². The first kappa shape index (κ1) is 22.7. The summed E-state index contributed by atoms with van der Waals surface area (Å²) < 4.78 is 22.5. The summed E-state index contributed by atoms with van der Waals surface area (Å²) in [5.74, 6) is 7.58. The average molecular weight is 445 g/mol. The number of para-hydroxylation sites is 1. The van der Waals surface area contributed by atoms with E-state index in [0.29, 0.717) is 44.6 Å². The smallest absolute Gasteiger partial charge is 0.217 e. The maximum absolute atomic E-state index is 5.98. The minimum Gasteiger partial charge on any atom is -0.491 e. The second kappa shape index (κ2) is 11.4. The molecule has 6 nitrogen and oxygen atoms in total. The van der Waals surface area contributed by atoms with Gasteiger partial charge in [-0.3, -0.25) is 0 Å². The topological polar surface area (TPSA) is 61.8 Å². The van der Waals surface area contributed by atoms with Gasteiger partial charge in [0, 0.05) is 28.9 Å². The third-order valence-electron chi connectivity index (χ3n) is 5.21. The molecule has 0 aliphatic carbocycles. The Morgan fingerprint density at radius 1 is 1.09 bits per heavy atom. The largest absolute Gasteiger partial charge is 0.491 e. The molecule has 0 saturated carbocycles. The van der Waals surface area contributed by atoms with Crippen molar-refractivity contribution in [3.05, 3.63) is 71.8 Å². The van der Waals surface area contributed by atoms with Gasteiger partial charge in [-0.2, -0.15) is 0 Å². The van der Waals surface area contributed by atoms with Gasteiger partial charge in [0.05, 0.1) is 39.2 Å². The third kappa shape index (κ3) is 6.48. The first-order valence-corrected chi connectivity index (χ1v) is 11.0. The van der Waals surface area contributed by atoms with Crippen molar-refractivity contribution in [3.63, 3.8) is 0 Å². The van der Waals surface area contributed by atoms with Crippen molar-refractivity contribution in [1.82, 2.24) is 4.98 Å². The van der Waals surface area contributed by atoms with Gasteiger partial charge in [0.25, 0.3) is 0 Å². The van der Waals surface area contributed by atoms with Gasteiger partial charge in [-0.1, -0.05) is 36.1 Å². The van der Waals surface area contributed by atoms with Crippen LogP contribution in [0.15, 0.2) is 60.7 Å². The molecular formula is C27H28N2O4. The molecular weight excluding hydrogens is 416 g/mol. The van der Waals surface area contributed by atoms with Gasteiger partial charge >= 0.3 is 0 Å². The quantitative estimate of drug-likeness (QED) is 0.548. The highest BCUT2D eigenvalue weighted by Gasteiger charge is 2.16. The van der Waals surface area contributed by atoms with Crippen LogP contribution in [0.1, 0.15) is 11.1 Å². The Morgan fingerprint density at radius 3 is 2.76 bits per heavy atom. The molecule has 6 heteroatoms. The van der Waals surface area contributed by atoms with E-state index in [1.54, 1.807) is 13.2 Å². The monoisotopic (exact) mass is 444 g/mol. The molecule has 0 radical (unpaired) electrons. The normalized spacial score (nSPS) is 15.3. The van der Waals surface area contributed by atoms with Crippen LogP contribution in [0.5, 0.6) is 11.6 Å². The van der Waals surface area contributed by atoms with Crippen molar-refractivity contribution in [1.29, 1.82) is 0 Å². The zero-order chi connectivity index (χ0) is 22.9. The van der Waals surface area contributed by atoms with Crippen molar-refractivity contribution in [3.8, 4) is 34.7 Å². The summed E-state index contributed by atoms with van der Waals surface area (Å²) in [6.07, 6.45) is -0.0776. The Bertz CT molecular complexity index is 1120. The number of anilines is 1. The van der Waals surface area contributed by atoms with Crippen LogP contribution in [-0.4, -0.2) is 51.2 Å². The third-order valence-corrected chi connectivity index (χ3v) is 5.21. The molecule has 1 atom stereocenters. The highest BCUT2D eigenvalue weighted by molar-refractivity contribution is 5.67. The van der Waals surface area contributed by atoms with Crippen molar-refractivity contribution in [2.45, 2.75) is 13.0 Å². The summed E-state index contributed by atoms with van der Waals surface area (Å²) in [4.78, 5) is 4.64. The number of benzene rings is 2. The summed E-state index contributed by atoms with van der Waals surface area (Å²) in [5.41, 5.74) is 4.83. The molecule has 1 fully saturated rings. The highest BCUT2D eigenvalue weighted by Crippen LogP contribution is 2.29. The van der Waals surface area contributed by atoms with Crippen LogP contribution >= 0.6 is 0 Å². The molecule has 0 amide bonds. The number of hydrogen-bond donors (Lipinski definition) is 1.